The van der Waals surface area contributed by atoms with E-state index in [4.69, 9.17) is 9.72 Å². The Labute approximate surface area is 219 Å². The third-order valence-corrected chi connectivity index (χ3v) is 7.17. The Morgan fingerprint density at radius 1 is 1.13 bits per heavy atom. The lowest BCUT2D eigenvalue weighted by Crippen LogP contribution is -2.46. The van der Waals surface area contributed by atoms with Crippen LogP contribution in [0.4, 0.5) is 21.1 Å². The summed E-state index contributed by atoms with van der Waals surface area (Å²) < 4.78 is 22.2. The Balaban J connectivity index is 1.34. The number of ether oxygens (including phenoxy) is 1. The van der Waals surface area contributed by atoms with E-state index in [1.165, 1.54) is 36.0 Å². The predicted octanol–water partition coefficient (Wildman–Crippen LogP) is 1.40. The van der Waals surface area contributed by atoms with Gasteiger partial charge in [0.2, 0.25) is 11.9 Å². The highest BCUT2D eigenvalue weighted by molar-refractivity contribution is 5.66. The van der Waals surface area contributed by atoms with E-state index in [0.29, 0.717) is 12.5 Å². The molecule has 2 aromatic heterocycles. The zero-order valence-electron chi connectivity index (χ0n) is 21.6. The lowest BCUT2D eigenvalue weighted by Gasteiger charge is -2.38. The molecule has 0 bridgehead atoms. The van der Waals surface area contributed by atoms with E-state index < -0.39 is 6.09 Å². The van der Waals surface area contributed by atoms with Gasteiger partial charge in [-0.3, -0.25) is 4.79 Å². The molecule has 0 saturated carbocycles. The second-order valence-electron chi connectivity index (χ2n) is 9.53. The van der Waals surface area contributed by atoms with Crippen LogP contribution in [0.1, 0.15) is 31.2 Å². The number of carbonyl (C=O) groups excluding carboxylic acids is 1. The van der Waals surface area contributed by atoms with E-state index in [1.807, 2.05) is 24.1 Å². The highest BCUT2D eigenvalue weighted by atomic mass is 19.1. The molecule has 1 aromatic carbocycles. The van der Waals surface area contributed by atoms with Crippen molar-refractivity contribution in [2.24, 2.45) is 0 Å². The molecule has 0 unspecified atom stereocenters. The molecule has 1 aliphatic carbocycles. The fraction of sp³-hybridized carbons (Fsp3) is 0.407. The van der Waals surface area contributed by atoms with E-state index in [-0.39, 0.29) is 24.1 Å². The first-order valence-corrected chi connectivity index (χ1v) is 12.8. The van der Waals surface area contributed by atoms with Gasteiger partial charge in [-0.2, -0.15) is 0 Å². The molecule has 10 nitrogen and oxygen atoms in total. The maximum absolute atomic E-state index is 13.5. The molecule has 0 atom stereocenters. The maximum Gasteiger partial charge on any atom is 0.408 e. The number of halogens is 1. The van der Waals surface area contributed by atoms with E-state index in [2.05, 4.69) is 31.9 Å². The number of nitrogens with zero attached hydrogens (tertiary/aromatic N) is 6. The molecule has 3 heterocycles. The van der Waals surface area contributed by atoms with Gasteiger partial charge in [0.1, 0.15) is 5.82 Å². The van der Waals surface area contributed by atoms with E-state index in [0.717, 1.165) is 61.0 Å². The molecule has 2 aliphatic rings. The molecular weight excluding hydrogens is 489 g/mol. The Kier molecular flexibility index (Phi) is 7.43. The van der Waals surface area contributed by atoms with Gasteiger partial charge < -0.3 is 24.4 Å². The summed E-state index contributed by atoms with van der Waals surface area (Å²) in [6.45, 7) is 1.96. The smallest absolute Gasteiger partial charge is 0.408 e. The van der Waals surface area contributed by atoms with Crippen molar-refractivity contribution < 1.29 is 13.9 Å². The number of benzene rings is 1. The number of hydrogen-bond donors (Lipinski definition) is 1. The highest BCUT2D eigenvalue weighted by Gasteiger charge is 2.28. The molecule has 1 fully saturated rings. The van der Waals surface area contributed by atoms with Crippen LogP contribution in [0.5, 0.6) is 0 Å². The average Bonchev–Trinajstić information content (AvgIpc) is 3.31. The zero-order valence-corrected chi connectivity index (χ0v) is 21.6. The Morgan fingerprint density at radius 3 is 2.61 bits per heavy atom. The largest absolute Gasteiger partial charge is 0.428 e. The molecule has 11 heteroatoms. The lowest BCUT2D eigenvalue weighted by atomic mass is 10.0. The number of piperidine rings is 1. The second-order valence-corrected chi connectivity index (χ2v) is 9.53. The molecule has 0 radical (unpaired) electrons. The fourth-order valence-electron chi connectivity index (χ4n) is 5.09. The van der Waals surface area contributed by atoms with Crippen molar-refractivity contribution in [3.63, 3.8) is 0 Å². The van der Waals surface area contributed by atoms with Crippen molar-refractivity contribution in [2.75, 3.05) is 37.0 Å². The number of rotatable bonds is 7. The molecule has 1 amide bonds. The predicted molar refractivity (Wildman–Crippen MR) is 143 cm³/mol. The van der Waals surface area contributed by atoms with Crippen LogP contribution in [0, 0.1) is 5.82 Å². The highest BCUT2D eigenvalue weighted by Crippen LogP contribution is 2.23. The van der Waals surface area contributed by atoms with Gasteiger partial charge in [-0.15, -0.1) is 0 Å². The first-order chi connectivity index (χ1) is 18.4. The normalized spacial score (nSPS) is 15.3. The summed E-state index contributed by atoms with van der Waals surface area (Å²) in [6.07, 6.45) is 8.89. The van der Waals surface area contributed by atoms with Crippen LogP contribution in [0.25, 0.3) is 12.2 Å². The lowest BCUT2D eigenvalue weighted by molar-refractivity contribution is 0.114. The van der Waals surface area contributed by atoms with Crippen molar-refractivity contribution in [1.29, 1.82) is 0 Å². The molecule has 1 saturated heterocycles. The summed E-state index contributed by atoms with van der Waals surface area (Å²) in [6, 6.07) is 8.11. The van der Waals surface area contributed by atoms with Crippen molar-refractivity contribution >= 4 is 30.1 Å². The van der Waals surface area contributed by atoms with Crippen LogP contribution in [-0.2, 0) is 18.0 Å². The Hall–Kier alpha value is -4.15. The fourth-order valence-corrected chi connectivity index (χ4v) is 5.09. The average molecular weight is 522 g/mol. The van der Waals surface area contributed by atoms with Crippen molar-refractivity contribution in [3.05, 3.63) is 69.0 Å². The SMILES string of the molecule is CNC(=O)OCn1c(N(C)C2CCN(c3nc4c(n3Cc3ccc(F)cc3)=CCCC=4)CC2)nccc1=O. The molecule has 3 aromatic rings. The Bertz CT molecular complexity index is 1470. The van der Waals surface area contributed by atoms with E-state index in [9.17, 15) is 14.0 Å². The minimum absolute atomic E-state index is 0.139. The molecule has 0 spiro atoms. The first kappa shape index (κ1) is 25.5. The van der Waals surface area contributed by atoms with Gasteiger partial charge in [0.05, 0.1) is 17.2 Å². The number of imidazole rings is 1. The van der Waals surface area contributed by atoms with Gasteiger partial charge in [-0.05, 0) is 43.4 Å². The van der Waals surface area contributed by atoms with Gasteiger partial charge >= 0.3 is 6.09 Å². The molecule has 200 valence electrons. The number of alkyl carbamates (subject to hydrolysis) is 1. The van der Waals surface area contributed by atoms with Crippen molar-refractivity contribution in [3.8, 4) is 0 Å². The van der Waals surface area contributed by atoms with Crippen LogP contribution >= 0.6 is 0 Å². The van der Waals surface area contributed by atoms with Crippen LogP contribution < -0.4 is 31.4 Å². The third-order valence-electron chi connectivity index (χ3n) is 7.17. The topological polar surface area (TPSA) is 97.5 Å². The number of fused-ring (bicyclic) bond motifs is 1. The standard InChI is InChI=1S/C27H32FN7O3/c1-29-27(37)38-18-35-24(36)11-14-30-25(35)32(2)21-12-15-33(16-13-21)26-31-22-5-3-4-6-23(22)34(26)17-19-7-9-20(28)10-8-19/h5-11,14,21H,3-4,12-13,15-18H2,1-2H3,(H,29,37). The molecule has 38 heavy (non-hydrogen) atoms. The number of carbonyl (C=O) groups is 1. The number of amides is 1. The summed E-state index contributed by atoms with van der Waals surface area (Å²) in [5.74, 6) is 1.13. The van der Waals surface area contributed by atoms with Gasteiger partial charge in [0, 0.05) is 45.5 Å². The number of hydrogen-bond acceptors (Lipinski definition) is 7. The van der Waals surface area contributed by atoms with Crippen LogP contribution in [-0.4, -0.2) is 58.4 Å². The number of nitrogens with one attached hydrogen (secondary N) is 1. The van der Waals surface area contributed by atoms with Gasteiger partial charge in [-0.1, -0.05) is 24.3 Å². The van der Waals surface area contributed by atoms with Gasteiger partial charge in [0.25, 0.3) is 5.56 Å². The molecule has 1 aliphatic heterocycles. The number of aromatic nitrogens is 4. The van der Waals surface area contributed by atoms with Gasteiger partial charge in [-0.25, -0.2) is 23.7 Å². The second kappa shape index (κ2) is 11.1. The minimum atomic E-state index is -0.615. The summed E-state index contributed by atoms with van der Waals surface area (Å²) in [4.78, 5) is 37.8. The third kappa shape index (κ3) is 5.27. The quantitative estimate of drug-likeness (QED) is 0.502. The zero-order chi connectivity index (χ0) is 26.6. The van der Waals surface area contributed by atoms with Crippen LogP contribution in [0.15, 0.2) is 41.3 Å². The maximum atomic E-state index is 13.5. The molecule has 1 N–H and O–H groups in total. The summed E-state index contributed by atoms with van der Waals surface area (Å²) >= 11 is 0. The number of anilines is 2. The first-order valence-electron chi connectivity index (χ1n) is 12.8. The van der Waals surface area contributed by atoms with Crippen molar-refractivity contribution in [2.45, 2.75) is 45.0 Å². The Morgan fingerprint density at radius 2 is 1.87 bits per heavy atom. The summed E-state index contributed by atoms with van der Waals surface area (Å²) in [5.41, 5.74) is 0.734. The monoisotopic (exact) mass is 521 g/mol. The van der Waals surface area contributed by atoms with E-state index >= 15 is 0 Å². The minimum Gasteiger partial charge on any atom is -0.428 e. The van der Waals surface area contributed by atoms with E-state index in [1.54, 1.807) is 0 Å². The molecular formula is C27H32FN7O3. The van der Waals surface area contributed by atoms with Crippen LogP contribution in [0.2, 0.25) is 0 Å². The summed E-state index contributed by atoms with van der Waals surface area (Å²) in [5, 5.41) is 4.50. The summed E-state index contributed by atoms with van der Waals surface area (Å²) in [7, 11) is 3.38. The van der Waals surface area contributed by atoms with Gasteiger partial charge in [0.15, 0.2) is 6.73 Å². The van der Waals surface area contributed by atoms with Crippen molar-refractivity contribution in [1.82, 2.24) is 24.4 Å². The van der Waals surface area contributed by atoms with Crippen LogP contribution in [0.3, 0.4) is 0 Å². The molecule has 5 rings (SSSR count).